The fraction of sp³-hybridized carbons (Fsp3) is 0.473. The molecule has 1 atom stereocenters. The molecule has 1 unspecified atom stereocenters. The van der Waals surface area contributed by atoms with Crippen LogP contribution in [0.5, 0.6) is 0 Å². The SMILES string of the molecule is CC/C=C/C=C/C=C/C=C/C=C/CCCC(=O)OCC(COC(=O)CC/C=C/C/C=C/C/C=C/C/C=C/C/C=C/CC)OC(=O)CCCCCC/C=C/C/C=C/C/C=C/CC. The molecule has 61 heavy (non-hydrogen) atoms. The highest BCUT2D eigenvalue weighted by molar-refractivity contribution is 5.71. The van der Waals surface area contributed by atoms with Crippen molar-refractivity contribution in [3.8, 4) is 0 Å². The molecular formula is C55H80O6. The van der Waals surface area contributed by atoms with Crippen LogP contribution in [-0.2, 0) is 28.6 Å². The standard InChI is InChI=1S/C55H80O6/c1-4-7-10-13-16-19-22-25-27-28-31-33-36-39-42-45-48-54(57)60-51-52(50-59-53(56)47-44-41-38-35-32-29-24-21-18-15-12-9-6-3)61-55(58)49-46-43-40-37-34-30-26-23-20-17-14-11-8-5-2/h7-12,15-21,24-27,29-33,35,38-39,42,52H,4-6,13-14,22-23,28,34,36-37,40-41,43-51H2,1-3H3/b10-7+,11-8+,12-9+,18-15+,19-16+,20-17+,24-21+,27-25+,30-26+,32-29+,33-31+,38-35+,42-39+. The highest BCUT2D eigenvalue weighted by Gasteiger charge is 2.19. The lowest BCUT2D eigenvalue weighted by Gasteiger charge is -2.18. The molecule has 0 fully saturated rings. The second kappa shape index (κ2) is 47.7. The van der Waals surface area contributed by atoms with Gasteiger partial charge in [-0.2, -0.15) is 0 Å². The zero-order valence-corrected chi connectivity index (χ0v) is 38.1. The van der Waals surface area contributed by atoms with Gasteiger partial charge in [-0.25, -0.2) is 0 Å². The molecule has 0 aromatic carbocycles. The normalized spacial score (nSPS) is 13.6. The van der Waals surface area contributed by atoms with Crippen LogP contribution in [-0.4, -0.2) is 37.2 Å². The van der Waals surface area contributed by atoms with Crippen molar-refractivity contribution in [2.24, 2.45) is 0 Å². The quantitative estimate of drug-likeness (QED) is 0.0203. The van der Waals surface area contributed by atoms with Gasteiger partial charge in [-0.15, -0.1) is 0 Å². The van der Waals surface area contributed by atoms with Gasteiger partial charge in [0.05, 0.1) is 0 Å². The monoisotopic (exact) mass is 837 g/mol. The van der Waals surface area contributed by atoms with E-state index in [4.69, 9.17) is 14.2 Å². The van der Waals surface area contributed by atoms with Gasteiger partial charge >= 0.3 is 17.9 Å². The van der Waals surface area contributed by atoms with E-state index in [9.17, 15) is 14.4 Å². The van der Waals surface area contributed by atoms with Crippen LogP contribution >= 0.6 is 0 Å². The summed E-state index contributed by atoms with van der Waals surface area (Å²) in [5, 5.41) is 0. The molecule has 0 radical (unpaired) electrons. The van der Waals surface area contributed by atoms with Crippen molar-refractivity contribution in [3.63, 3.8) is 0 Å². The molecule has 0 N–H and O–H groups in total. The molecule has 0 amide bonds. The molecule has 0 aliphatic rings. The highest BCUT2D eigenvalue weighted by Crippen LogP contribution is 2.10. The Morgan fingerprint density at radius 3 is 1.23 bits per heavy atom. The van der Waals surface area contributed by atoms with Crippen LogP contribution in [0.15, 0.2) is 158 Å². The van der Waals surface area contributed by atoms with Gasteiger partial charge in [0, 0.05) is 19.3 Å². The van der Waals surface area contributed by atoms with Crippen molar-refractivity contribution in [1.82, 2.24) is 0 Å². The lowest BCUT2D eigenvalue weighted by molar-refractivity contribution is -0.166. The highest BCUT2D eigenvalue weighted by atomic mass is 16.6. The number of unbranched alkanes of at least 4 members (excludes halogenated alkanes) is 5. The van der Waals surface area contributed by atoms with E-state index in [1.807, 2.05) is 66.8 Å². The summed E-state index contributed by atoms with van der Waals surface area (Å²) in [6.07, 6.45) is 69.6. The topological polar surface area (TPSA) is 78.9 Å². The van der Waals surface area contributed by atoms with Gasteiger partial charge in [0.25, 0.3) is 0 Å². The molecule has 0 saturated heterocycles. The van der Waals surface area contributed by atoms with Crippen molar-refractivity contribution in [1.29, 1.82) is 0 Å². The zero-order valence-electron chi connectivity index (χ0n) is 38.1. The van der Waals surface area contributed by atoms with E-state index in [1.165, 1.54) is 0 Å². The molecule has 6 nitrogen and oxygen atoms in total. The number of carbonyl (C=O) groups excluding carboxylic acids is 3. The minimum atomic E-state index is -0.855. The summed E-state index contributed by atoms with van der Waals surface area (Å²) in [7, 11) is 0. The van der Waals surface area contributed by atoms with Gasteiger partial charge in [0.2, 0.25) is 0 Å². The summed E-state index contributed by atoms with van der Waals surface area (Å²) >= 11 is 0. The zero-order chi connectivity index (χ0) is 44.4. The van der Waals surface area contributed by atoms with E-state index in [1.54, 1.807) is 0 Å². The molecule has 0 spiro atoms. The first kappa shape index (κ1) is 56.0. The Hall–Kier alpha value is -4.97. The van der Waals surface area contributed by atoms with Crippen LogP contribution in [0.1, 0.15) is 149 Å². The molecular weight excluding hydrogens is 757 g/mol. The van der Waals surface area contributed by atoms with Crippen molar-refractivity contribution < 1.29 is 28.6 Å². The molecule has 336 valence electrons. The van der Waals surface area contributed by atoms with Crippen molar-refractivity contribution in [2.75, 3.05) is 13.2 Å². The summed E-state index contributed by atoms with van der Waals surface area (Å²) in [4.78, 5) is 37.8. The van der Waals surface area contributed by atoms with E-state index >= 15 is 0 Å². The summed E-state index contributed by atoms with van der Waals surface area (Å²) in [6.45, 7) is 6.07. The Kier molecular flexibility index (Phi) is 43.8. The van der Waals surface area contributed by atoms with E-state index in [2.05, 4.69) is 112 Å². The largest absolute Gasteiger partial charge is 0.462 e. The third-order valence-corrected chi connectivity index (χ3v) is 8.65. The van der Waals surface area contributed by atoms with Crippen molar-refractivity contribution in [3.05, 3.63) is 158 Å². The third-order valence-electron chi connectivity index (χ3n) is 8.65. The maximum Gasteiger partial charge on any atom is 0.306 e. The predicted molar refractivity (Wildman–Crippen MR) is 260 cm³/mol. The van der Waals surface area contributed by atoms with Gasteiger partial charge in [-0.05, 0) is 96.3 Å². The maximum atomic E-state index is 12.7. The van der Waals surface area contributed by atoms with Gasteiger partial charge in [-0.1, -0.05) is 192 Å². The average Bonchev–Trinajstić information content (AvgIpc) is 3.26. The molecule has 0 aromatic rings. The van der Waals surface area contributed by atoms with Gasteiger partial charge in [-0.3, -0.25) is 14.4 Å². The van der Waals surface area contributed by atoms with E-state index in [0.717, 1.165) is 89.9 Å². The first-order valence-electron chi connectivity index (χ1n) is 23.1. The molecule has 0 rings (SSSR count). The van der Waals surface area contributed by atoms with Crippen LogP contribution in [0, 0.1) is 0 Å². The van der Waals surface area contributed by atoms with Crippen LogP contribution in [0.25, 0.3) is 0 Å². The fourth-order valence-electron chi connectivity index (χ4n) is 5.30. The van der Waals surface area contributed by atoms with Gasteiger partial charge < -0.3 is 14.2 Å². The Morgan fingerprint density at radius 1 is 0.344 bits per heavy atom. The van der Waals surface area contributed by atoms with E-state index < -0.39 is 6.10 Å². The van der Waals surface area contributed by atoms with E-state index in [-0.39, 0.29) is 50.4 Å². The Morgan fingerprint density at radius 2 is 0.721 bits per heavy atom. The number of esters is 3. The minimum absolute atomic E-state index is 0.156. The number of hydrogen-bond donors (Lipinski definition) is 0. The van der Waals surface area contributed by atoms with Crippen LogP contribution < -0.4 is 0 Å². The lowest BCUT2D eigenvalue weighted by atomic mass is 10.1. The molecule has 0 aromatic heterocycles. The molecule has 0 heterocycles. The van der Waals surface area contributed by atoms with Gasteiger partial charge in [0.1, 0.15) is 13.2 Å². The van der Waals surface area contributed by atoms with Crippen LogP contribution in [0.4, 0.5) is 0 Å². The number of allylic oxidation sites excluding steroid dienone is 26. The second-order valence-corrected chi connectivity index (χ2v) is 14.3. The van der Waals surface area contributed by atoms with E-state index in [0.29, 0.717) is 19.3 Å². The Bertz CT molecular complexity index is 1470. The smallest absolute Gasteiger partial charge is 0.306 e. The first-order valence-corrected chi connectivity index (χ1v) is 23.1. The number of ether oxygens (including phenoxy) is 3. The number of carbonyl (C=O) groups is 3. The van der Waals surface area contributed by atoms with Crippen LogP contribution in [0.3, 0.4) is 0 Å². The van der Waals surface area contributed by atoms with Crippen LogP contribution in [0.2, 0.25) is 0 Å². The summed E-state index contributed by atoms with van der Waals surface area (Å²) in [5.41, 5.74) is 0. The van der Waals surface area contributed by atoms with Crippen molar-refractivity contribution >= 4 is 17.9 Å². The van der Waals surface area contributed by atoms with Gasteiger partial charge in [0.15, 0.2) is 6.10 Å². The number of hydrogen-bond acceptors (Lipinski definition) is 6. The Balaban J connectivity index is 4.69. The summed E-state index contributed by atoms with van der Waals surface area (Å²) in [6, 6.07) is 0. The predicted octanol–water partition coefficient (Wildman–Crippen LogP) is 15.1. The molecule has 0 bridgehead atoms. The maximum absolute atomic E-state index is 12.7. The molecule has 0 aliphatic carbocycles. The molecule has 6 heteroatoms. The number of rotatable bonds is 38. The molecule has 0 saturated carbocycles. The fourth-order valence-corrected chi connectivity index (χ4v) is 5.30. The Labute approximate surface area is 371 Å². The first-order chi connectivity index (χ1) is 30.0. The van der Waals surface area contributed by atoms with Crippen molar-refractivity contribution in [2.45, 2.75) is 155 Å². The summed E-state index contributed by atoms with van der Waals surface area (Å²) < 4.78 is 16.6. The minimum Gasteiger partial charge on any atom is -0.462 e. The second-order valence-electron chi connectivity index (χ2n) is 14.3. The average molecular weight is 837 g/mol. The summed E-state index contributed by atoms with van der Waals surface area (Å²) in [5.74, 6) is -1.15. The molecule has 0 aliphatic heterocycles. The third kappa shape index (κ3) is 46.0. The lowest BCUT2D eigenvalue weighted by Crippen LogP contribution is -2.30.